The van der Waals surface area contributed by atoms with Gasteiger partial charge in [0.1, 0.15) is 0 Å². The Hall–Kier alpha value is -0.0800. The van der Waals surface area contributed by atoms with E-state index < -0.39 is 0 Å². The van der Waals surface area contributed by atoms with Crippen LogP contribution in [0.1, 0.15) is 27.2 Å². The summed E-state index contributed by atoms with van der Waals surface area (Å²) in [7, 11) is 2.20. The molecule has 0 saturated carbocycles. The van der Waals surface area contributed by atoms with Crippen LogP contribution in [0, 0.1) is 5.92 Å². The van der Waals surface area contributed by atoms with E-state index in [-0.39, 0.29) is 0 Å². The van der Waals surface area contributed by atoms with Gasteiger partial charge in [-0.2, -0.15) is 0 Å². The van der Waals surface area contributed by atoms with Gasteiger partial charge in [-0.1, -0.05) is 20.8 Å². The van der Waals surface area contributed by atoms with Crippen molar-refractivity contribution in [1.82, 2.24) is 10.2 Å². The Bertz CT molecular complexity index is 93.8. The number of nitrogens with one attached hydrogen (secondary N) is 1. The molecular formula is C10H24N2. The third-order valence-corrected chi connectivity index (χ3v) is 2.17. The average Bonchev–Trinajstić information content (AvgIpc) is 2.51. The summed E-state index contributed by atoms with van der Waals surface area (Å²) in [6.45, 7) is 11.1. The van der Waals surface area contributed by atoms with Gasteiger partial charge >= 0.3 is 0 Å². The first-order chi connectivity index (χ1) is 5.83. The molecular weight excluding hydrogens is 148 g/mol. The van der Waals surface area contributed by atoms with E-state index in [1.165, 1.54) is 26.1 Å². The Morgan fingerprint density at radius 3 is 2.50 bits per heavy atom. The largest absolute Gasteiger partial charge is 0.317 e. The molecule has 1 aliphatic heterocycles. The molecule has 1 atom stereocenters. The normalized spacial score (nSPS) is 23.5. The van der Waals surface area contributed by atoms with Crippen molar-refractivity contribution in [2.24, 2.45) is 5.92 Å². The fraction of sp³-hybridized carbons (Fsp3) is 1.00. The molecule has 0 aromatic carbocycles. The molecule has 0 bridgehead atoms. The zero-order valence-corrected chi connectivity index (χ0v) is 9.06. The first-order valence-corrected chi connectivity index (χ1v) is 5.22. The summed E-state index contributed by atoms with van der Waals surface area (Å²) in [5.74, 6) is 0.907. The van der Waals surface area contributed by atoms with Gasteiger partial charge in [0.15, 0.2) is 0 Å². The number of likely N-dealkylation sites (tertiary alicyclic amines) is 1. The van der Waals surface area contributed by atoms with E-state index in [1.54, 1.807) is 0 Å². The molecule has 0 radical (unpaired) electrons. The highest BCUT2D eigenvalue weighted by atomic mass is 15.1. The Morgan fingerprint density at radius 1 is 1.42 bits per heavy atom. The zero-order chi connectivity index (χ0) is 9.40. The van der Waals surface area contributed by atoms with Crippen LogP contribution in [0.15, 0.2) is 0 Å². The van der Waals surface area contributed by atoms with Gasteiger partial charge in [0.25, 0.3) is 0 Å². The van der Waals surface area contributed by atoms with Gasteiger partial charge in [-0.25, -0.2) is 0 Å². The zero-order valence-electron chi connectivity index (χ0n) is 9.06. The lowest BCUT2D eigenvalue weighted by Crippen LogP contribution is -2.24. The van der Waals surface area contributed by atoms with Gasteiger partial charge < -0.3 is 10.2 Å². The van der Waals surface area contributed by atoms with Crippen molar-refractivity contribution in [3.8, 4) is 0 Å². The fourth-order valence-electron chi connectivity index (χ4n) is 1.54. The summed E-state index contributed by atoms with van der Waals surface area (Å²) in [6.07, 6.45) is 1.38. The summed E-state index contributed by atoms with van der Waals surface area (Å²) in [5.41, 5.74) is 0. The Morgan fingerprint density at radius 2 is 2.08 bits per heavy atom. The minimum atomic E-state index is 0.907. The highest BCUT2D eigenvalue weighted by Crippen LogP contribution is 2.12. The van der Waals surface area contributed by atoms with Gasteiger partial charge in [0, 0.05) is 6.54 Å². The lowest BCUT2D eigenvalue weighted by Gasteiger charge is -2.09. The van der Waals surface area contributed by atoms with Crippen LogP contribution in [-0.4, -0.2) is 38.1 Å². The highest BCUT2D eigenvalue weighted by molar-refractivity contribution is 4.74. The Kier molecular flexibility index (Phi) is 7.51. The minimum absolute atomic E-state index is 0.907. The summed E-state index contributed by atoms with van der Waals surface area (Å²) >= 11 is 0. The van der Waals surface area contributed by atoms with E-state index >= 15 is 0 Å². The Balaban J connectivity index is 0.000000561. The molecule has 2 heteroatoms. The lowest BCUT2D eigenvalue weighted by atomic mass is 10.1. The lowest BCUT2D eigenvalue weighted by molar-refractivity contribution is 0.389. The molecule has 1 rings (SSSR count). The molecule has 1 saturated heterocycles. The van der Waals surface area contributed by atoms with E-state index in [4.69, 9.17) is 0 Å². The van der Waals surface area contributed by atoms with Crippen LogP contribution < -0.4 is 5.32 Å². The highest BCUT2D eigenvalue weighted by Gasteiger charge is 2.17. The second-order valence-electron chi connectivity index (χ2n) is 3.22. The Labute approximate surface area is 77.3 Å². The van der Waals surface area contributed by atoms with Crippen LogP contribution >= 0.6 is 0 Å². The molecule has 0 aromatic heterocycles. The number of hydrogen-bond acceptors (Lipinski definition) is 2. The van der Waals surface area contributed by atoms with Gasteiger partial charge in [0.05, 0.1) is 0 Å². The van der Waals surface area contributed by atoms with Gasteiger partial charge in [0.2, 0.25) is 0 Å². The summed E-state index contributed by atoms with van der Waals surface area (Å²) in [4.78, 5) is 2.40. The third-order valence-electron chi connectivity index (χ3n) is 2.17. The van der Waals surface area contributed by atoms with Gasteiger partial charge in [-0.3, -0.25) is 0 Å². The predicted octanol–water partition coefficient (Wildman–Crippen LogP) is 1.57. The van der Waals surface area contributed by atoms with Crippen molar-refractivity contribution in [2.45, 2.75) is 27.2 Å². The second kappa shape index (κ2) is 7.56. The van der Waals surface area contributed by atoms with Crippen LogP contribution in [0.2, 0.25) is 0 Å². The molecule has 1 unspecified atom stereocenters. The maximum Gasteiger partial charge on any atom is 0.00192 e. The van der Waals surface area contributed by atoms with Gasteiger partial charge in [-0.15, -0.1) is 0 Å². The molecule has 12 heavy (non-hydrogen) atoms. The van der Waals surface area contributed by atoms with Crippen molar-refractivity contribution in [1.29, 1.82) is 0 Å². The van der Waals surface area contributed by atoms with Crippen molar-refractivity contribution in [2.75, 3.05) is 33.2 Å². The van der Waals surface area contributed by atoms with E-state index in [0.717, 1.165) is 12.5 Å². The quantitative estimate of drug-likeness (QED) is 0.695. The molecule has 1 N–H and O–H groups in total. The molecule has 1 heterocycles. The molecule has 0 aliphatic carbocycles. The van der Waals surface area contributed by atoms with E-state index in [2.05, 4.69) is 24.2 Å². The first kappa shape index (κ1) is 11.9. The van der Waals surface area contributed by atoms with E-state index in [9.17, 15) is 0 Å². The van der Waals surface area contributed by atoms with Crippen LogP contribution in [0.25, 0.3) is 0 Å². The number of rotatable bonds is 3. The van der Waals surface area contributed by atoms with Gasteiger partial charge in [-0.05, 0) is 39.0 Å². The standard InChI is InChI=1S/C8H18N2.C2H6/c1-3-9-6-8-4-5-10(2)7-8;1-2/h8-9H,3-7H2,1-2H3;1-2H3. The first-order valence-electron chi connectivity index (χ1n) is 5.22. The summed E-state index contributed by atoms with van der Waals surface area (Å²) < 4.78 is 0. The molecule has 0 spiro atoms. The molecule has 0 aromatic rings. The molecule has 1 fully saturated rings. The van der Waals surface area contributed by atoms with Crippen LogP contribution in [0.5, 0.6) is 0 Å². The minimum Gasteiger partial charge on any atom is -0.317 e. The maximum atomic E-state index is 3.38. The predicted molar refractivity (Wildman–Crippen MR) is 55.5 cm³/mol. The van der Waals surface area contributed by atoms with Crippen LogP contribution in [0.4, 0.5) is 0 Å². The van der Waals surface area contributed by atoms with Crippen molar-refractivity contribution >= 4 is 0 Å². The second-order valence-corrected chi connectivity index (χ2v) is 3.22. The van der Waals surface area contributed by atoms with Crippen molar-refractivity contribution in [3.63, 3.8) is 0 Å². The monoisotopic (exact) mass is 172 g/mol. The average molecular weight is 172 g/mol. The topological polar surface area (TPSA) is 15.3 Å². The molecule has 74 valence electrons. The van der Waals surface area contributed by atoms with Crippen LogP contribution in [-0.2, 0) is 0 Å². The molecule has 0 amide bonds. The SMILES string of the molecule is CC.CCNCC1CCN(C)C1. The maximum absolute atomic E-state index is 3.38. The van der Waals surface area contributed by atoms with Crippen molar-refractivity contribution < 1.29 is 0 Å². The van der Waals surface area contributed by atoms with E-state index in [0.29, 0.717) is 0 Å². The molecule has 2 nitrogen and oxygen atoms in total. The number of hydrogen-bond donors (Lipinski definition) is 1. The third kappa shape index (κ3) is 4.73. The number of nitrogens with zero attached hydrogens (tertiary/aromatic N) is 1. The van der Waals surface area contributed by atoms with E-state index in [1.807, 2.05) is 13.8 Å². The smallest absolute Gasteiger partial charge is 0.00192 e. The van der Waals surface area contributed by atoms with Crippen LogP contribution in [0.3, 0.4) is 0 Å². The summed E-state index contributed by atoms with van der Waals surface area (Å²) in [6, 6.07) is 0. The fourth-order valence-corrected chi connectivity index (χ4v) is 1.54. The van der Waals surface area contributed by atoms with Crippen molar-refractivity contribution in [3.05, 3.63) is 0 Å². The molecule has 1 aliphatic rings. The summed E-state index contributed by atoms with van der Waals surface area (Å²) in [5, 5.41) is 3.38.